The van der Waals surface area contributed by atoms with Crippen molar-refractivity contribution in [3.05, 3.63) is 265 Å². The third kappa shape index (κ3) is 6.43. The molecule has 0 spiro atoms. The van der Waals surface area contributed by atoms with Gasteiger partial charge in [0, 0.05) is 44.0 Å². The quantitative estimate of drug-likeness (QED) is 0.172. The number of hydrogen-bond acceptors (Lipinski definition) is 2. The Kier molecular flexibility index (Phi) is 9.03. The number of nitrogens with zero attached hydrogens (tertiary/aromatic N) is 2. The zero-order valence-corrected chi connectivity index (χ0v) is 37.8. The van der Waals surface area contributed by atoms with E-state index in [1.807, 2.05) is 0 Å². The molecule has 0 aliphatic heterocycles. The van der Waals surface area contributed by atoms with E-state index in [1.165, 1.54) is 77.1 Å². The number of para-hydroxylation sites is 3. The molecule has 0 amide bonds. The van der Waals surface area contributed by atoms with Gasteiger partial charge in [0.2, 0.25) is 0 Å². The molecule has 0 atom stereocenters. The Balaban J connectivity index is 1.04. The molecule has 0 radical (unpaired) electrons. The summed E-state index contributed by atoms with van der Waals surface area (Å²) in [7, 11) is 0. The van der Waals surface area contributed by atoms with E-state index in [-0.39, 0.29) is 0 Å². The zero-order chi connectivity index (χ0) is 45.4. The Labute approximate surface area is 400 Å². The van der Waals surface area contributed by atoms with Gasteiger partial charge in [0.25, 0.3) is 0 Å². The van der Waals surface area contributed by atoms with Crippen molar-refractivity contribution in [3.63, 3.8) is 0 Å². The van der Waals surface area contributed by atoms with Crippen LogP contribution in [0.1, 0.15) is 22.3 Å². The van der Waals surface area contributed by atoms with Crippen LogP contribution in [0.3, 0.4) is 0 Å². The maximum Gasteiger partial charge on any atom is 0.136 e. The van der Waals surface area contributed by atoms with Crippen LogP contribution in [0.25, 0.3) is 93.6 Å². The molecule has 2 aromatic heterocycles. The van der Waals surface area contributed by atoms with Gasteiger partial charge in [-0.25, -0.2) is 0 Å². The maximum atomic E-state index is 6.55. The van der Waals surface area contributed by atoms with Gasteiger partial charge in [-0.15, -0.1) is 0 Å². The lowest BCUT2D eigenvalue weighted by Crippen LogP contribution is -2.14. The Bertz CT molecular complexity index is 4120. The highest BCUT2D eigenvalue weighted by atomic mass is 16.3. The standard InChI is InChI=1S/C66H44N2O/c1-2-18-44-41-65-59(39-43(44)17-1)58-40-48(35-36-64(58)69-65)54-27-9-12-31-60(54)68(51-24-16-23-50(42-51)67-61-32-13-10-29-56(61)57-30-11-14-33-62(57)67)63-34-15-22-49-38-46-20-4-7-26-53(46)52-25-6-3-19-45(52)37-47-21-5-8-28-55(47)66(49)63/h1-36,39-42H,37-38H2. The van der Waals surface area contributed by atoms with E-state index in [1.54, 1.807) is 0 Å². The van der Waals surface area contributed by atoms with Crippen molar-refractivity contribution in [2.24, 2.45) is 0 Å². The van der Waals surface area contributed by atoms with Gasteiger partial charge < -0.3 is 13.9 Å². The third-order valence-electron chi connectivity index (χ3n) is 14.5. The SMILES string of the molecule is c1cc(N(c2ccccc2-c2ccc3oc4cc5ccccc5cc4c3c2)c2cccc3c2-c2ccccc2Cc2ccccc2-c2ccccc2C3)cc(-n2c3ccccc3c3ccccc32)c1. The highest BCUT2D eigenvalue weighted by Crippen LogP contribution is 2.49. The second-order valence-corrected chi connectivity index (χ2v) is 18.4. The molecular weight excluding hydrogens is 837 g/mol. The molecule has 14 rings (SSSR count). The van der Waals surface area contributed by atoms with E-state index in [9.17, 15) is 0 Å². The molecule has 69 heavy (non-hydrogen) atoms. The summed E-state index contributed by atoms with van der Waals surface area (Å²) in [5.74, 6) is 0. The summed E-state index contributed by atoms with van der Waals surface area (Å²) in [6, 6.07) is 89.3. The molecule has 13 aromatic rings. The minimum Gasteiger partial charge on any atom is -0.456 e. The summed E-state index contributed by atoms with van der Waals surface area (Å²) < 4.78 is 8.97. The van der Waals surface area contributed by atoms with Crippen molar-refractivity contribution in [2.75, 3.05) is 4.90 Å². The van der Waals surface area contributed by atoms with Gasteiger partial charge in [0.05, 0.1) is 22.4 Å². The molecule has 1 aliphatic carbocycles. The van der Waals surface area contributed by atoms with Gasteiger partial charge >= 0.3 is 0 Å². The Morgan fingerprint density at radius 2 is 0.884 bits per heavy atom. The number of hydrogen-bond donors (Lipinski definition) is 0. The number of aromatic nitrogens is 1. The molecule has 324 valence electrons. The van der Waals surface area contributed by atoms with Crippen molar-refractivity contribution >= 4 is 71.6 Å². The molecule has 0 saturated heterocycles. The van der Waals surface area contributed by atoms with Crippen LogP contribution in [0.5, 0.6) is 0 Å². The summed E-state index contributed by atoms with van der Waals surface area (Å²) >= 11 is 0. The number of anilines is 3. The summed E-state index contributed by atoms with van der Waals surface area (Å²) in [6.45, 7) is 0. The number of rotatable bonds is 5. The maximum absolute atomic E-state index is 6.55. The fourth-order valence-corrected chi connectivity index (χ4v) is 11.4. The fourth-order valence-electron chi connectivity index (χ4n) is 11.4. The predicted molar refractivity (Wildman–Crippen MR) is 289 cm³/mol. The normalized spacial score (nSPS) is 12.2. The average molecular weight is 881 g/mol. The molecule has 0 unspecified atom stereocenters. The molecule has 0 saturated carbocycles. The molecule has 11 aromatic carbocycles. The van der Waals surface area contributed by atoms with E-state index in [4.69, 9.17) is 4.42 Å². The molecule has 3 heteroatoms. The lowest BCUT2D eigenvalue weighted by molar-refractivity contribution is 0.669. The molecule has 0 bridgehead atoms. The van der Waals surface area contributed by atoms with E-state index in [0.717, 1.165) is 68.7 Å². The highest BCUT2D eigenvalue weighted by molar-refractivity contribution is 6.12. The lowest BCUT2D eigenvalue weighted by atomic mass is 9.83. The smallest absolute Gasteiger partial charge is 0.136 e. The Morgan fingerprint density at radius 3 is 1.62 bits per heavy atom. The van der Waals surface area contributed by atoms with E-state index < -0.39 is 0 Å². The second-order valence-electron chi connectivity index (χ2n) is 18.4. The topological polar surface area (TPSA) is 21.3 Å². The molecular formula is C66H44N2O. The van der Waals surface area contributed by atoms with E-state index >= 15 is 0 Å². The minimum absolute atomic E-state index is 0.776. The van der Waals surface area contributed by atoms with Crippen LogP contribution in [0.4, 0.5) is 17.1 Å². The first kappa shape index (κ1) is 39.3. The first-order valence-electron chi connectivity index (χ1n) is 23.9. The summed E-state index contributed by atoms with van der Waals surface area (Å²) in [5.41, 5.74) is 21.1. The van der Waals surface area contributed by atoms with Gasteiger partial charge in [-0.3, -0.25) is 0 Å². The van der Waals surface area contributed by atoms with Crippen LogP contribution in [0, 0.1) is 0 Å². The summed E-state index contributed by atoms with van der Waals surface area (Å²) in [4.78, 5) is 2.53. The van der Waals surface area contributed by atoms with Gasteiger partial charge in [-0.1, -0.05) is 176 Å². The van der Waals surface area contributed by atoms with Gasteiger partial charge in [-0.2, -0.15) is 0 Å². The summed E-state index contributed by atoms with van der Waals surface area (Å²) in [5, 5.41) is 7.08. The zero-order valence-electron chi connectivity index (χ0n) is 37.8. The Morgan fingerprint density at radius 1 is 0.348 bits per heavy atom. The first-order chi connectivity index (χ1) is 34.2. The minimum atomic E-state index is 0.776. The van der Waals surface area contributed by atoms with Gasteiger partial charge in [-0.05, 0) is 135 Å². The lowest BCUT2D eigenvalue weighted by Gasteiger charge is -2.32. The molecule has 0 N–H and O–H groups in total. The third-order valence-corrected chi connectivity index (χ3v) is 14.5. The largest absolute Gasteiger partial charge is 0.456 e. The van der Waals surface area contributed by atoms with Crippen molar-refractivity contribution in [2.45, 2.75) is 12.8 Å². The van der Waals surface area contributed by atoms with Gasteiger partial charge in [0.1, 0.15) is 11.2 Å². The van der Waals surface area contributed by atoms with Gasteiger partial charge in [0.15, 0.2) is 0 Å². The predicted octanol–water partition coefficient (Wildman–Crippen LogP) is 17.8. The fraction of sp³-hybridized carbons (Fsp3) is 0.0303. The van der Waals surface area contributed by atoms with Crippen molar-refractivity contribution in [1.29, 1.82) is 0 Å². The van der Waals surface area contributed by atoms with Crippen molar-refractivity contribution in [3.8, 4) is 39.1 Å². The summed E-state index contributed by atoms with van der Waals surface area (Å²) in [6.07, 6.45) is 1.58. The molecule has 1 aliphatic rings. The molecule has 0 fully saturated rings. The van der Waals surface area contributed by atoms with Crippen molar-refractivity contribution in [1.82, 2.24) is 4.57 Å². The van der Waals surface area contributed by atoms with Crippen LogP contribution in [-0.4, -0.2) is 4.57 Å². The van der Waals surface area contributed by atoms with E-state index in [2.05, 4.69) is 252 Å². The van der Waals surface area contributed by atoms with Crippen LogP contribution >= 0.6 is 0 Å². The van der Waals surface area contributed by atoms with Crippen LogP contribution in [-0.2, 0) is 12.8 Å². The number of benzene rings is 11. The average Bonchev–Trinajstić information content (AvgIpc) is 3.94. The molecule has 2 heterocycles. The first-order valence-corrected chi connectivity index (χ1v) is 23.9. The monoisotopic (exact) mass is 880 g/mol. The number of fused-ring (bicyclic) bond motifs is 13. The molecule has 3 nitrogen and oxygen atoms in total. The Hall–Kier alpha value is -8.92. The number of furan rings is 1. The van der Waals surface area contributed by atoms with Crippen molar-refractivity contribution < 1.29 is 4.42 Å². The second kappa shape index (κ2) is 15.9. The van der Waals surface area contributed by atoms with Crippen LogP contribution in [0.2, 0.25) is 0 Å². The van der Waals surface area contributed by atoms with Crippen LogP contribution in [0.15, 0.2) is 247 Å². The van der Waals surface area contributed by atoms with E-state index in [0.29, 0.717) is 0 Å². The van der Waals surface area contributed by atoms with Crippen LogP contribution < -0.4 is 4.90 Å². The highest BCUT2D eigenvalue weighted by Gasteiger charge is 2.26.